The second-order valence-corrected chi connectivity index (χ2v) is 8.05. The quantitative estimate of drug-likeness (QED) is 0.564. The maximum absolute atomic E-state index is 13.0. The van der Waals surface area contributed by atoms with Crippen molar-refractivity contribution in [1.29, 1.82) is 0 Å². The summed E-state index contributed by atoms with van der Waals surface area (Å²) >= 11 is 6.06. The molecule has 0 saturated carbocycles. The fraction of sp³-hybridized carbons (Fsp3) is 0.211. The second kappa shape index (κ2) is 7.68. The van der Waals surface area contributed by atoms with Gasteiger partial charge in [0.1, 0.15) is 10.9 Å². The van der Waals surface area contributed by atoms with Crippen LogP contribution in [0.4, 0.5) is 13.2 Å². The van der Waals surface area contributed by atoms with Gasteiger partial charge in [0.05, 0.1) is 10.5 Å². The molecule has 1 aliphatic heterocycles. The third-order valence-electron chi connectivity index (χ3n) is 4.36. The fourth-order valence-electron chi connectivity index (χ4n) is 3.07. The number of carbonyl (C=O) groups is 2. The van der Waals surface area contributed by atoms with Gasteiger partial charge in [-0.15, -0.1) is 0 Å². The predicted octanol–water partition coefficient (Wildman–Crippen LogP) is 4.40. The first kappa shape index (κ1) is 21.1. The number of thiocarbonyl (C=S) groups is 1. The van der Waals surface area contributed by atoms with Crippen molar-refractivity contribution >= 4 is 46.3 Å². The van der Waals surface area contributed by atoms with E-state index in [1.807, 2.05) is 0 Å². The van der Waals surface area contributed by atoms with Gasteiger partial charge in [0, 0.05) is 17.1 Å². The van der Waals surface area contributed by atoms with Gasteiger partial charge in [0.15, 0.2) is 0 Å². The zero-order valence-electron chi connectivity index (χ0n) is 15.3. The molecular formula is C19H15F3N2O3S2. The van der Waals surface area contributed by atoms with Gasteiger partial charge in [0.25, 0.3) is 5.91 Å². The number of alkyl halides is 3. The van der Waals surface area contributed by atoms with Gasteiger partial charge in [-0.05, 0) is 49.8 Å². The summed E-state index contributed by atoms with van der Waals surface area (Å²) in [4.78, 5) is 24.6. The van der Waals surface area contributed by atoms with Crippen molar-refractivity contribution in [2.24, 2.45) is 0 Å². The van der Waals surface area contributed by atoms with Gasteiger partial charge < -0.3 is 9.67 Å². The molecule has 1 N–H and O–H groups in total. The van der Waals surface area contributed by atoms with Gasteiger partial charge in [-0.25, -0.2) is 0 Å². The summed E-state index contributed by atoms with van der Waals surface area (Å²) in [5, 5.41) is 8.91. The number of benzene rings is 1. The lowest BCUT2D eigenvalue weighted by molar-refractivity contribution is -0.140. The number of halogens is 3. The molecule has 0 aliphatic carbocycles. The Morgan fingerprint density at radius 3 is 2.59 bits per heavy atom. The summed E-state index contributed by atoms with van der Waals surface area (Å²) in [7, 11) is 0. The molecule has 152 valence electrons. The second-order valence-electron chi connectivity index (χ2n) is 6.37. The van der Waals surface area contributed by atoms with Gasteiger partial charge >= 0.3 is 12.1 Å². The first-order chi connectivity index (χ1) is 13.5. The van der Waals surface area contributed by atoms with E-state index in [2.05, 4.69) is 0 Å². The number of hydrogen-bond acceptors (Lipinski definition) is 4. The molecule has 1 aromatic carbocycles. The molecule has 0 unspecified atom stereocenters. The van der Waals surface area contributed by atoms with Crippen molar-refractivity contribution in [1.82, 2.24) is 9.47 Å². The molecule has 0 bridgehead atoms. The summed E-state index contributed by atoms with van der Waals surface area (Å²) in [5.74, 6) is -1.68. The van der Waals surface area contributed by atoms with Crippen LogP contribution in [0.1, 0.15) is 22.5 Å². The number of hydrogen-bond donors (Lipinski definition) is 1. The number of thioether (sulfide) groups is 1. The van der Waals surface area contributed by atoms with Crippen LogP contribution in [0.3, 0.4) is 0 Å². The van der Waals surface area contributed by atoms with Gasteiger partial charge in [-0.1, -0.05) is 30.0 Å². The van der Waals surface area contributed by atoms with Crippen molar-refractivity contribution in [2.45, 2.75) is 20.0 Å². The molecule has 0 atom stereocenters. The van der Waals surface area contributed by atoms with E-state index in [4.69, 9.17) is 17.3 Å². The number of nitrogens with zero attached hydrogens (tertiary/aromatic N) is 2. The molecule has 1 fully saturated rings. The van der Waals surface area contributed by atoms with Gasteiger partial charge in [-0.3, -0.25) is 14.5 Å². The lowest BCUT2D eigenvalue weighted by atomic mass is 10.2. The number of aryl methyl sites for hydroxylation is 1. The Kier molecular flexibility index (Phi) is 5.59. The van der Waals surface area contributed by atoms with Crippen LogP contribution in [0.15, 0.2) is 35.2 Å². The van der Waals surface area contributed by atoms with Crippen molar-refractivity contribution in [3.05, 3.63) is 57.8 Å². The smallest absolute Gasteiger partial charge is 0.416 e. The van der Waals surface area contributed by atoms with Crippen molar-refractivity contribution < 1.29 is 27.9 Å². The van der Waals surface area contributed by atoms with Crippen LogP contribution < -0.4 is 0 Å². The number of amides is 1. The number of carbonyl (C=O) groups excluding carboxylic acids is 1. The molecular weight excluding hydrogens is 425 g/mol. The van der Waals surface area contributed by atoms with Crippen molar-refractivity contribution in [2.75, 3.05) is 6.54 Å². The zero-order valence-corrected chi connectivity index (χ0v) is 16.9. The minimum atomic E-state index is -4.45. The lowest BCUT2D eigenvalue weighted by Gasteiger charge is -2.13. The molecule has 10 heteroatoms. The molecule has 1 saturated heterocycles. The molecule has 1 aliphatic rings. The first-order valence-corrected chi connectivity index (χ1v) is 9.55. The highest BCUT2D eigenvalue weighted by atomic mass is 32.2. The molecule has 3 rings (SSSR count). The third kappa shape index (κ3) is 4.23. The van der Waals surface area contributed by atoms with Gasteiger partial charge in [-0.2, -0.15) is 13.2 Å². The van der Waals surface area contributed by atoms with E-state index in [1.165, 1.54) is 6.07 Å². The van der Waals surface area contributed by atoms with E-state index in [0.717, 1.165) is 28.8 Å². The van der Waals surface area contributed by atoms with Crippen LogP contribution in [0.2, 0.25) is 0 Å². The number of carboxylic acids is 1. The minimum absolute atomic E-state index is 0.148. The summed E-state index contributed by atoms with van der Waals surface area (Å²) in [5.41, 5.74) is 1.57. The van der Waals surface area contributed by atoms with Crippen molar-refractivity contribution in [3.8, 4) is 5.69 Å². The Hall–Kier alpha value is -2.59. The Bertz CT molecular complexity index is 1060. The molecule has 29 heavy (non-hydrogen) atoms. The van der Waals surface area contributed by atoms with E-state index in [0.29, 0.717) is 22.6 Å². The standard InChI is InChI=1S/C19H15F3N2O3S2/c1-10-6-12(7-15-17(27)23(9-16(25)26)18(28)29-15)11(2)24(10)14-5-3-4-13(8-14)19(20,21)22/h3-8H,9H2,1-2H3,(H,25,26)/b15-7+. The largest absolute Gasteiger partial charge is 0.480 e. The molecule has 2 aromatic rings. The minimum Gasteiger partial charge on any atom is -0.480 e. The van der Waals surface area contributed by atoms with Crippen LogP contribution in [0, 0.1) is 13.8 Å². The highest BCUT2D eigenvalue weighted by Crippen LogP contribution is 2.35. The van der Waals surface area contributed by atoms with Crippen LogP contribution in [-0.2, 0) is 15.8 Å². The van der Waals surface area contributed by atoms with Crippen LogP contribution >= 0.6 is 24.0 Å². The highest BCUT2D eigenvalue weighted by molar-refractivity contribution is 8.26. The average Bonchev–Trinajstić information content (AvgIpc) is 3.04. The fourth-order valence-corrected chi connectivity index (χ4v) is 4.31. The van der Waals surface area contributed by atoms with E-state index in [1.54, 1.807) is 36.6 Å². The summed E-state index contributed by atoms with van der Waals surface area (Å²) < 4.78 is 41.0. The molecule has 1 aromatic heterocycles. The van der Waals surface area contributed by atoms with Crippen LogP contribution in [0.25, 0.3) is 11.8 Å². The maximum Gasteiger partial charge on any atom is 0.416 e. The molecule has 2 heterocycles. The van der Waals surface area contributed by atoms with Crippen LogP contribution in [0.5, 0.6) is 0 Å². The predicted molar refractivity (Wildman–Crippen MR) is 108 cm³/mol. The normalized spacial score (nSPS) is 16.2. The van der Waals surface area contributed by atoms with Crippen LogP contribution in [-0.4, -0.2) is 37.3 Å². The SMILES string of the molecule is Cc1cc(/C=C2/SC(=S)N(CC(=O)O)C2=O)c(C)n1-c1cccc(C(F)(F)F)c1. The molecule has 1 amide bonds. The van der Waals surface area contributed by atoms with Gasteiger partial charge in [0.2, 0.25) is 0 Å². The van der Waals surface area contributed by atoms with E-state index < -0.39 is 30.2 Å². The van der Waals surface area contributed by atoms with E-state index in [-0.39, 0.29) is 9.23 Å². The Morgan fingerprint density at radius 1 is 1.28 bits per heavy atom. The Labute approximate surface area is 173 Å². The Morgan fingerprint density at radius 2 is 1.97 bits per heavy atom. The first-order valence-electron chi connectivity index (χ1n) is 8.33. The summed E-state index contributed by atoms with van der Waals surface area (Å²) in [6, 6.07) is 6.74. The zero-order chi connectivity index (χ0) is 21.5. The molecule has 0 spiro atoms. The molecule has 5 nitrogen and oxygen atoms in total. The highest BCUT2D eigenvalue weighted by Gasteiger charge is 2.34. The van der Waals surface area contributed by atoms with E-state index in [9.17, 15) is 22.8 Å². The number of carboxylic acid groups (broad SMARTS) is 1. The number of aromatic nitrogens is 1. The summed E-state index contributed by atoms with van der Waals surface area (Å²) in [6.07, 6.45) is -2.88. The topological polar surface area (TPSA) is 62.5 Å². The molecule has 0 radical (unpaired) electrons. The van der Waals surface area contributed by atoms with E-state index >= 15 is 0 Å². The summed E-state index contributed by atoms with van der Waals surface area (Å²) in [6.45, 7) is 2.96. The lowest BCUT2D eigenvalue weighted by Crippen LogP contribution is -2.33. The Balaban J connectivity index is 1.99. The number of rotatable bonds is 4. The monoisotopic (exact) mass is 440 g/mol. The maximum atomic E-state index is 13.0. The average molecular weight is 440 g/mol. The van der Waals surface area contributed by atoms with Crippen molar-refractivity contribution in [3.63, 3.8) is 0 Å². The third-order valence-corrected chi connectivity index (χ3v) is 5.73. The number of aliphatic carboxylic acids is 1.